The summed E-state index contributed by atoms with van der Waals surface area (Å²) in [5.41, 5.74) is 5.98. The zero-order valence-electron chi connectivity index (χ0n) is 14.6. The van der Waals surface area contributed by atoms with E-state index in [1.165, 1.54) is 29.4 Å². The number of carbonyl (C=O) groups is 3. The predicted octanol–water partition coefficient (Wildman–Crippen LogP) is 2.44. The summed E-state index contributed by atoms with van der Waals surface area (Å²) in [7, 11) is 0. The minimum atomic E-state index is -4.85. The topological polar surface area (TPSA) is 118 Å². The second-order valence-corrected chi connectivity index (χ2v) is 5.93. The van der Waals surface area contributed by atoms with Crippen molar-refractivity contribution >= 4 is 29.3 Å². The van der Waals surface area contributed by atoms with Gasteiger partial charge in [-0.15, -0.1) is 13.2 Å². The molecular formula is C17H14F3N5O4. The number of amides is 5. The molecule has 1 aliphatic rings. The minimum Gasteiger partial charge on any atom is -0.406 e. The fraction of sp³-hybridized carbons (Fsp3) is 0.176. The number of ether oxygens (including phenoxy) is 1. The van der Waals surface area contributed by atoms with Crippen molar-refractivity contribution in [2.24, 2.45) is 5.73 Å². The molecule has 0 spiro atoms. The first-order chi connectivity index (χ1) is 13.6. The molecule has 1 saturated heterocycles. The largest absolute Gasteiger partial charge is 0.573 e. The van der Waals surface area contributed by atoms with Gasteiger partial charge in [-0.25, -0.2) is 14.5 Å². The molecule has 3 N–H and O–H groups in total. The highest BCUT2D eigenvalue weighted by Gasteiger charge is 2.37. The van der Waals surface area contributed by atoms with Crippen LogP contribution < -0.4 is 20.7 Å². The number of alkyl halides is 3. The molecule has 1 aromatic carbocycles. The van der Waals surface area contributed by atoms with Crippen LogP contribution in [0.5, 0.6) is 5.75 Å². The number of aromatic nitrogens is 1. The van der Waals surface area contributed by atoms with Gasteiger partial charge in [-0.2, -0.15) is 0 Å². The van der Waals surface area contributed by atoms with Crippen molar-refractivity contribution in [1.82, 2.24) is 9.88 Å². The number of halogens is 3. The molecule has 1 aliphatic heterocycles. The molecule has 2 aromatic rings. The molecule has 2 heterocycles. The van der Waals surface area contributed by atoms with Crippen molar-refractivity contribution in [2.75, 3.05) is 16.8 Å². The maximum absolute atomic E-state index is 12.7. The lowest BCUT2D eigenvalue weighted by Crippen LogP contribution is -2.33. The Morgan fingerprint density at radius 1 is 1.21 bits per heavy atom. The van der Waals surface area contributed by atoms with Gasteiger partial charge in [0, 0.05) is 6.20 Å². The van der Waals surface area contributed by atoms with Crippen LogP contribution in [-0.4, -0.2) is 40.8 Å². The van der Waals surface area contributed by atoms with Gasteiger partial charge in [0.05, 0.1) is 24.1 Å². The van der Waals surface area contributed by atoms with Gasteiger partial charge in [-0.3, -0.25) is 9.78 Å². The Balaban J connectivity index is 1.76. The SMILES string of the molecule is NC(=O)Nc1cnccc1CN1CC(=O)N(c2ccc(OC(F)(F)F)cc2)C1=O. The van der Waals surface area contributed by atoms with Crippen molar-refractivity contribution in [1.29, 1.82) is 0 Å². The number of pyridine rings is 1. The van der Waals surface area contributed by atoms with Crippen molar-refractivity contribution in [3.8, 4) is 5.75 Å². The maximum Gasteiger partial charge on any atom is 0.573 e. The third-order valence-electron chi connectivity index (χ3n) is 3.90. The summed E-state index contributed by atoms with van der Waals surface area (Å²) < 4.78 is 40.5. The third kappa shape index (κ3) is 4.72. The molecule has 0 bridgehead atoms. The zero-order chi connectivity index (χ0) is 21.2. The Bertz CT molecular complexity index is 949. The Kier molecular flexibility index (Phi) is 5.26. The van der Waals surface area contributed by atoms with Gasteiger partial charge in [-0.05, 0) is 35.9 Å². The minimum absolute atomic E-state index is 0.0194. The number of rotatable bonds is 5. The lowest BCUT2D eigenvalue weighted by molar-refractivity contribution is -0.274. The van der Waals surface area contributed by atoms with E-state index < -0.39 is 30.1 Å². The van der Waals surface area contributed by atoms with Gasteiger partial charge in [0.15, 0.2) is 0 Å². The summed E-state index contributed by atoms with van der Waals surface area (Å²) in [5.74, 6) is -1.03. The summed E-state index contributed by atoms with van der Waals surface area (Å²) >= 11 is 0. The number of hydrogen-bond donors (Lipinski definition) is 2. The summed E-state index contributed by atoms with van der Waals surface area (Å²) in [5, 5.41) is 2.38. The fourth-order valence-corrected chi connectivity index (χ4v) is 2.74. The maximum atomic E-state index is 12.7. The second kappa shape index (κ2) is 7.66. The number of benzene rings is 1. The molecule has 0 radical (unpaired) electrons. The van der Waals surface area contributed by atoms with Crippen LogP contribution in [-0.2, 0) is 11.3 Å². The fourth-order valence-electron chi connectivity index (χ4n) is 2.74. The monoisotopic (exact) mass is 409 g/mol. The number of nitrogens with zero attached hydrogens (tertiary/aromatic N) is 3. The molecular weight excluding hydrogens is 395 g/mol. The molecule has 12 heteroatoms. The predicted molar refractivity (Wildman–Crippen MR) is 93.9 cm³/mol. The average Bonchev–Trinajstić information content (AvgIpc) is 2.89. The van der Waals surface area contributed by atoms with Crippen LogP contribution in [0.25, 0.3) is 0 Å². The molecule has 1 aromatic heterocycles. The molecule has 0 saturated carbocycles. The van der Waals surface area contributed by atoms with E-state index in [-0.39, 0.29) is 24.5 Å². The van der Waals surface area contributed by atoms with E-state index in [9.17, 15) is 27.6 Å². The Labute approximate surface area is 161 Å². The number of hydrogen-bond acceptors (Lipinski definition) is 5. The molecule has 5 amide bonds. The molecule has 1 fully saturated rings. The first-order valence-corrected chi connectivity index (χ1v) is 8.11. The van der Waals surface area contributed by atoms with Crippen molar-refractivity contribution < 1.29 is 32.3 Å². The summed E-state index contributed by atoms with van der Waals surface area (Å²) in [6.45, 7) is -0.271. The average molecular weight is 409 g/mol. The first kappa shape index (κ1) is 19.9. The number of anilines is 2. The van der Waals surface area contributed by atoms with E-state index in [1.54, 1.807) is 6.07 Å². The molecule has 3 rings (SSSR count). The summed E-state index contributed by atoms with van der Waals surface area (Å²) in [6.07, 6.45) is -2.06. The molecule has 0 atom stereocenters. The number of imide groups is 1. The lowest BCUT2D eigenvalue weighted by atomic mass is 10.2. The van der Waals surface area contributed by atoms with Crippen LogP contribution in [0.3, 0.4) is 0 Å². The van der Waals surface area contributed by atoms with E-state index >= 15 is 0 Å². The highest BCUT2D eigenvalue weighted by atomic mass is 19.4. The second-order valence-electron chi connectivity index (χ2n) is 5.93. The van der Waals surface area contributed by atoms with Crippen LogP contribution in [0.15, 0.2) is 42.7 Å². The standard InChI is InChI=1S/C17H14F3N5O4/c18-17(19,20)29-12-3-1-11(2-4-12)25-14(26)9-24(16(25)28)8-10-5-6-22-7-13(10)23-15(21)27/h1-7H,8-9H2,(H3,21,23,27). The number of urea groups is 2. The van der Waals surface area contributed by atoms with Gasteiger partial charge in [-0.1, -0.05) is 0 Å². The van der Waals surface area contributed by atoms with Crippen LogP contribution in [0.1, 0.15) is 5.56 Å². The van der Waals surface area contributed by atoms with E-state index in [4.69, 9.17) is 5.73 Å². The molecule has 152 valence electrons. The van der Waals surface area contributed by atoms with E-state index in [0.29, 0.717) is 5.56 Å². The van der Waals surface area contributed by atoms with Crippen molar-refractivity contribution in [3.05, 3.63) is 48.3 Å². The van der Waals surface area contributed by atoms with E-state index in [2.05, 4.69) is 15.0 Å². The number of primary amides is 1. The third-order valence-corrected chi connectivity index (χ3v) is 3.90. The van der Waals surface area contributed by atoms with E-state index in [0.717, 1.165) is 17.0 Å². The van der Waals surface area contributed by atoms with Gasteiger partial charge < -0.3 is 20.7 Å². The van der Waals surface area contributed by atoms with Crippen LogP contribution in [0.2, 0.25) is 0 Å². The number of nitrogens with two attached hydrogens (primary N) is 1. The Morgan fingerprint density at radius 3 is 2.52 bits per heavy atom. The summed E-state index contributed by atoms with van der Waals surface area (Å²) in [6, 6.07) is 4.43. The van der Waals surface area contributed by atoms with Gasteiger partial charge >= 0.3 is 18.4 Å². The van der Waals surface area contributed by atoms with Crippen molar-refractivity contribution in [3.63, 3.8) is 0 Å². The number of carbonyl (C=O) groups excluding carboxylic acids is 3. The smallest absolute Gasteiger partial charge is 0.406 e. The number of nitrogens with one attached hydrogen (secondary N) is 1. The van der Waals surface area contributed by atoms with Crippen LogP contribution >= 0.6 is 0 Å². The molecule has 0 unspecified atom stereocenters. The van der Waals surface area contributed by atoms with Crippen molar-refractivity contribution in [2.45, 2.75) is 12.9 Å². The van der Waals surface area contributed by atoms with Crippen LogP contribution in [0.4, 0.5) is 34.1 Å². The van der Waals surface area contributed by atoms with Crippen LogP contribution in [0, 0.1) is 0 Å². The van der Waals surface area contributed by atoms with Gasteiger partial charge in [0.2, 0.25) is 0 Å². The first-order valence-electron chi connectivity index (χ1n) is 8.11. The highest BCUT2D eigenvalue weighted by molar-refractivity contribution is 6.19. The molecule has 29 heavy (non-hydrogen) atoms. The quantitative estimate of drug-likeness (QED) is 0.736. The van der Waals surface area contributed by atoms with Gasteiger partial charge in [0.25, 0.3) is 5.91 Å². The Morgan fingerprint density at radius 2 is 1.90 bits per heavy atom. The molecule has 9 nitrogen and oxygen atoms in total. The Hall–Kier alpha value is -3.83. The zero-order valence-corrected chi connectivity index (χ0v) is 14.6. The summed E-state index contributed by atoms with van der Waals surface area (Å²) in [4.78, 5) is 42.0. The highest BCUT2D eigenvalue weighted by Crippen LogP contribution is 2.28. The normalized spacial score (nSPS) is 14.3. The van der Waals surface area contributed by atoms with Gasteiger partial charge in [0.1, 0.15) is 12.3 Å². The lowest BCUT2D eigenvalue weighted by Gasteiger charge is -2.19. The molecule has 0 aliphatic carbocycles. The van der Waals surface area contributed by atoms with E-state index in [1.807, 2.05) is 0 Å².